The van der Waals surface area contributed by atoms with E-state index in [1.165, 1.54) is 12.1 Å². The Morgan fingerprint density at radius 3 is 2.50 bits per heavy atom. The number of hydrogen-bond acceptors (Lipinski definition) is 4. The molecule has 1 aromatic carbocycles. The zero-order chi connectivity index (χ0) is 21.5. The summed E-state index contributed by atoms with van der Waals surface area (Å²) in [5.74, 6) is -1.20. The second-order valence-corrected chi connectivity index (χ2v) is 8.01. The Balaban J connectivity index is 1.59. The molecule has 1 aliphatic heterocycles. The number of likely N-dealkylation sites (tertiary alicyclic amines) is 1. The van der Waals surface area contributed by atoms with Gasteiger partial charge >= 0.3 is 0 Å². The van der Waals surface area contributed by atoms with Crippen LogP contribution >= 0.6 is 0 Å². The molecule has 0 radical (unpaired) electrons. The van der Waals surface area contributed by atoms with Crippen molar-refractivity contribution >= 4 is 17.7 Å². The van der Waals surface area contributed by atoms with Crippen molar-refractivity contribution in [2.24, 2.45) is 11.8 Å². The number of ether oxygens (including phenoxy) is 1. The van der Waals surface area contributed by atoms with Gasteiger partial charge in [-0.3, -0.25) is 14.4 Å². The van der Waals surface area contributed by atoms with E-state index in [0.717, 1.165) is 12.8 Å². The second kappa shape index (κ2) is 10.5. The van der Waals surface area contributed by atoms with Gasteiger partial charge in [0.2, 0.25) is 11.8 Å². The molecule has 2 aliphatic rings. The highest BCUT2D eigenvalue weighted by Crippen LogP contribution is 2.30. The molecule has 0 bridgehead atoms. The van der Waals surface area contributed by atoms with Gasteiger partial charge in [-0.05, 0) is 50.2 Å². The Kier molecular flexibility index (Phi) is 7.79. The smallest absolute Gasteiger partial charge is 0.256 e. The molecule has 0 spiro atoms. The maximum absolute atomic E-state index is 13.9. The molecular weight excluding hydrogens is 389 g/mol. The normalized spacial score (nSPS) is 18.0. The van der Waals surface area contributed by atoms with E-state index < -0.39 is 11.9 Å². The van der Waals surface area contributed by atoms with Crippen LogP contribution in [0.2, 0.25) is 0 Å². The van der Waals surface area contributed by atoms with Gasteiger partial charge in [-0.25, -0.2) is 4.39 Å². The third-order valence-electron chi connectivity index (χ3n) is 5.76. The van der Waals surface area contributed by atoms with Crippen molar-refractivity contribution < 1.29 is 23.5 Å². The molecule has 30 heavy (non-hydrogen) atoms. The predicted octanol–water partition coefficient (Wildman–Crippen LogP) is 1.73. The fourth-order valence-corrected chi connectivity index (χ4v) is 3.79. The lowest BCUT2D eigenvalue weighted by Crippen LogP contribution is -2.54. The average molecular weight is 419 g/mol. The minimum absolute atomic E-state index is 0.0107. The van der Waals surface area contributed by atoms with E-state index in [9.17, 15) is 18.8 Å². The summed E-state index contributed by atoms with van der Waals surface area (Å²) in [6, 6.07) is 5.33. The molecule has 0 aromatic heterocycles. The number of rotatable bonds is 9. The van der Waals surface area contributed by atoms with Gasteiger partial charge in [0.05, 0.1) is 5.56 Å². The predicted molar refractivity (Wildman–Crippen MR) is 109 cm³/mol. The van der Waals surface area contributed by atoms with Gasteiger partial charge in [-0.1, -0.05) is 12.1 Å². The largest absolute Gasteiger partial charge is 0.385 e. The van der Waals surface area contributed by atoms with Crippen LogP contribution in [0.1, 0.15) is 42.5 Å². The second-order valence-electron chi connectivity index (χ2n) is 8.01. The molecule has 1 atom stereocenters. The molecule has 7 nitrogen and oxygen atoms in total. The molecule has 1 saturated heterocycles. The van der Waals surface area contributed by atoms with Crippen molar-refractivity contribution in [2.75, 3.05) is 33.4 Å². The van der Waals surface area contributed by atoms with E-state index in [2.05, 4.69) is 10.6 Å². The summed E-state index contributed by atoms with van der Waals surface area (Å²) in [6.07, 6.45) is 3.57. The number of nitrogens with one attached hydrogen (secondary N) is 2. The number of benzene rings is 1. The van der Waals surface area contributed by atoms with E-state index in [1.54, 1.807) is 24.1 Å². The first-order valence-electron chi connectivity index (χ1n) is 10.6. The number of piperidine rings is 1. The third-order valence-corrected chi connectivity index (χ3v) is 5.76. The highest BCUT2D eigenvalue weighted by Gasteiger charge is 2.37. The molecule has 2 N–H and O–H groups in total. The Labute approximate surface area is 176 Å². The first kappa shape index (κ1) is 22.2. The number of amides is 3. The molecule has 1 unspecified atom stereocenters. The number of carbonyl (C=O) groups is 3. The van der Waals surface area contributed by atoms with Gasteiger partial charge in [0.15, 0.2) is 0 Å². The molecule has 3 amide bonds. The Hall–Kier alpha value is -2.48. The van der Waals surface area contributed by atoms with Gasteiger partial charge < -0.3 is 20.3 Å². The summed E-state index contributed by atoms with van der Waals surface area (Å²) in [5.41, 5.74) is 0.0606. The number of nitrogens with zero attached hydrogens (tertiary/aromatic N) is 1. The van der Waals surface area contributed by atoms with Gasteiger partial charge in [-0.15, -0.1) is 0 Å². The summed E-state index contributed by atoms with van der Waals surface area (Å²) in [7, 11) is 1.61. The minimum Gasteiger partial charge on any atom is -0.385 e. The van der Waals surface area contributed by atoms with Crippen LogP contribution in [0, 0.1) is 17.7 Å². The Morgan fingerprint density at radius 2 is 1.87 bits per heavy atom. The van der Waals surface area contributed by atoms with Crippen LogP contribution in [-0.4, -0.2) is 62.0 Å². The van der Waals surface area contributed by atoms with Crippen molar-refractivity contribution in [1.29, 1.82) is 0 Å². The van der Waals surface area contributed by atoms with Crippen molar-refractivity contribution in [1.82, 2.24) is 15.5 Å². The minimum atomic E-state index is -0.619. The molecule has 1 heterocycles. The lowest BCUT2D eigenvalue weighted by atomic mass is 9.88. The monoisotopic (exact) mass is 419 g/mol. The maximum atomic E-state index is 13.9. The molecule has 1 saturated carbocycles. The fourth-order valence-electron chi connectivity index (χ4n) is 3.79. The average Bonchev–Trinajstić information content (AvgIpc) is 3.60. The van der Waals surface area contributed by atoms with Crippen LogP contribution < -0.4 is 10.6 Å². The highest BCUT2D eigenvalue weighted by atomic mass is 19.1. The van der Waals surface area contributed by atoms with Crippen LogP contribution in [0.4, 0.5) is 4.39 Å². The molecule has 164 valence electrons. The lowest BCUT2D eigenvalue weighted by molar-refractivity contribution is -0.131. The molecule has 3 rings (SSSR count). The van der Waals surface area contributed by atoms with E-state index in [0.29, 0.717) is 45.5 Å². The van der Waals surface area contributed by atoms with Crippen molar-refractivity contribution in [2.45, 2.75) is 38.1 Å². The van der Waals surface area contributed by atoms with E-state index >= 15 is 0 Å². The molecule has 1 aliphatic carbocycles. The van der Waals surface area contributed by atoms with Crippen LogP contribution in [0.5, 0.6) is 0 Å². The van der Waals surface area contributed by atoms with Crippen LogP contribution in [0.25, 0.3) is 0 Å². The van der Waals surface area contributed by atoms with E-state index in [4.69, 9.17) is 4.74 Å². The lowest BCUT2D eigenvalue weighted by Gasteiger charge is -2.36. The quantitative estimate of drug-likeness (QED) is 0.597. The van der Waals surface area contributed by atoms with Gasteiger partial charge in [0.1, 0.15) is 11.9 Å². The summed E-state index contributed by atoms with van der Waals surface area (Å²) < 4.78 is 18.9. The first-order chi connectivity index (χ1) is 14.5. The SMILES string of the molecule is COCCCNC(=O)C(NC(=O)C1CC1)C1CCN(C(=O)c2ccccc2F)CC1. The number of methoxy groups -OCH3 is 1. The summed E-state index contributed by atoms with van der Waals surface area (Å²) in [6.45, 7) is 1.87. The number of halogens is 1. The summed E-state index contributed by atoms with van der Waals surface area (Å²) >= 11 is 0. The highest BCUT2D eigenvalue weighted by molar-refractivity contribution is 5.94. The zero-order valence-corrected chi connectivity index (χ0v) is 17.4. The van der Waals surface area contributed by atoms with Gasteiger partial charge in [-0.2, -0.15) is 0 Å². The van der Waals surface area contributed by atoms with Gasteiger partial charge in [0, 0.05) is 39.3 Å². The third kappa shape index (κ3) is 5.78. The molecular formula is C22H30FN3O4. The first-order valence-corrected chi connectivity index (χ1v) is 10.6. The summed E-state index contributed by atoms with van der Waals surface area (Å²) in [4.78, 5) is 39.3. The van der Waals surface area contributed by atoms with Crippen molar-refractivity contribution in [3.63, 3.8) is 0 Å². The van der Waals surface area contributed by atoms with Gasteiger partial charge in [0.25, 0.3) is 5.91 Å². The zero-order valence-electron chi connectivity index (χ0n) is 17.4. The van der Waals surface area contributed by atoms with Crippen molar-refractivity contribution in [3.8, 4) is 0 Å². The Bertz CT molecular complexity index is 761. The standard InChI is InChI=1S/C22H30FN3O4/c1-30-14-4-11-24-21(28)19(25-20(27)16-7-8-16)15-9-12-26(13-10-15)22(29)17-5-2-3-6-18(17)23/h2-3,5-6,15-16,19H,4,7-14H2,1H3,(H,24,28)(H,25,27). The molecule has 1 aromatic rings. The molecule has 2 fully saturated rings. The van der Waals surface area contributed by atoms with E-state index in [1.807, 2.05) is 0 Å². The number of carbonyl (C=O) groups excluding carboxylic acids is 3. The molecule has 8 heteroatoms. The van der Waals surface area contributed by atoms with Crippen molar-refractivity contribution in [3.05, 3.63) is 35.6 Å². The fraction of sp³-hybridized carbons (Fsp3) is 0.591. The Morgan fingerprint density at radius 1 is 1.17 bits per heavy atom. The summed E-state index contributed by atoms with van der Waals surface area (Å²) in [5, 5.41) is 5.81. The van der Waals surface area contributed by atoms with E-state index in [-0.39, 0.29) is 35.1 Å². The maximum Gasteiger partial charge on any atom is 0.256 e. The van der Waals surface area contributed by atoms with Crippen LogP contribution in [0.3, 0.4) is 0 Å². The number of hydrogen-bond donors (Lipinski definition) is 2. The topological polar surface area (TPSA) is 87.7 Å². The van der Waals surface area contributed by atoms with Crippen LogP contribution in [0.15, 0.2) is 24.3 Å². The van der Waals surface area contributed by atoms with Crippen LogP contribution in [-0.2, 0) is 14.3 Å².